The van der Waals surface area contributed by atoms with Crippen LogP contribution in [-0.2, 0) is 16.1 Å². The Morgan fingerprint density at radius 3 is 2.74 bits per heavy atom. The molecule has 1 N–H and O–H groups in total. The van der Waals surface area contributed by atoms with Gasteiger partial charge >= 0.3 is 0 Å². The van der Waals surface area contributed by atoms with Crippen LogP contribution in [0.5, 0.6) is 0 Å². The van der Waals surface area contributed by atoms with Gasteiger partial charge in [0.05, 0.1) is 17.6 Å². The number of para-hydroxylation sites is 2. The minimum absolute atomic E-state index is 0.0894. The number of hydrogen-bond donors (Lipinski definition) is 1. The summed E-state index contributed by atoms with van der Waals surface area (Å²) in [7, 11) is 1.65. The van der Waals surface area contributed by atoms with Gasteiger partial charge in [0.1, 0.15) is 0 Å². The standard InChI is InChI=1S/C21H32N4O2/c1-16(2)8-14-25-19-7-5-4-6-18(19)23-21(25)24-12-9-17(10-13-24)20(26)22-11-15-27-3/h4-7,16-17H,8-15H2,1-3H3,(H,22,26). The molecule has 6 heteroatoms. The Morgan fingerprint density at radius 2 is 2.04 bits per heavy atom. The highest BCUT2D eigenvalue weighted by atomic mass is 16.5. The molecule has 0 radical (unpaired) electrons. The highest BCUT2D eigenvalue weighted by Gasteiger charge is 2.27. The normalized spacial score (nSPS) is 15.6. The van der Waals surface area contributed by atoms with Crippen LogP contribution in [0.3, 0.4) is 0 Å². The van der Waals surface area contributed by atoms with E-state index >= 15 is 0 Å². The van der Waals surface area contributed by atoms with Crippen molar-refractivity contribution in [3.63, 3.8) is 0 Å². The van der Waals surface area contributed by atoms with E-state index in [1.165, 1.54) is 5.52 Å². The van der Waals surface area contributed by atoms with Gasteiger partial charge in [-0.3, -0.25) is 4.79 Å². The van der Waals surface area contributed by atoms with Crippen LogP contribution in [0.15, 0.2) is 24.3 Å². The molecule has 0 unspecified atom stereocenters. The van der Waals surface area contributed by atoms with Crippen LogP contribution in [0.25, 0.3) is 11.0 Å². The second-order valence-corrected chi connectivity index (χ2v) is 7.78. The van der Waals surface area contributed by atoms with E-state index in [1.807, 2.05) is 6.07 Å². The number of piperidine rings is 1. The lowest BCUT2D eigenvalue weighted by molar-refractivity contribution is -0.125. The Morgan fingerprint density at radius 1 is 1.30 bits per heavy atom. The first kappa shape index (κ1) is 19.7. The van der Waals surface area contributed by atoms with Gasteiger partial charge in [-0.1, -0.05) is 26.0 Å². The number of imidazole rings is 1. The average molecular weight is 373 g/mol. The van der Waals surface area contributed by atoms with Crippen molar-refractivity contribution in [3.05, 3.63) is 24.3 Å². The Hall–Kier alpha value is -2.08. The minimum atomic E-state index is 0.0894. The Bertz CT molecular complexity index is 748. The largest absolute Gasteiger partial charge is 0.383 e. The predicted octanol–water partition coefficient (Wildman–Crippen LogP) is 3.06. The molecule has 1 aliphatic rings. The van der Waals surface area contributed by atoms with E-state index in [0.29, 0.717) is 19.1 Å². The highest BCUT2D eigenvalue weighted by Crippen LogP contribution is 2.27. The molecule has 148 valence electrons. The number of hydrogen-bond acceptors (Lipinski definition) is 4. The third-order valence-electron chi connectivity index (χ3n) is 5.32. The molecule has 1 aromatic carbocycles. The lowest BCUT2D eigenvalue weighted by Gasteiger charge is -2.32. The van der Waals surface area contributed by atoms with Gasteiger partial charge in [0.2, 0.25) is 11.9 Å². The Balaban J connectivity index is 1.69. The maximum absolute atomic E-state index is 12.3. The molecule has 2 aromatic rings. The number of methoxy groups -OCH3 is 1. The number of anilines is 1. The number of ether oxygens (including phenoxy) is 1. The van der Waals surface area contributed by atoms with E-state index < -0.39 is 0 Å². The van der Waals surface area contributed by atoms with Crippen molar-refractivity contribution < 1.29 is 9.53 Å². The monoisotopic (exact) mass is 372 g/mol. The van der Waals surface area contributed by atoms with Gasteiger partial charge in [-0.05, 0) is 37.3 Å². The fraction of sp³-hybridized carbons (Fsp3) is 0.619. The van der Waals surface area contributed by atoms with E-state index in [9.17, 15) is 4.79 Å². The molecular formula is C21H32N4O2. The summed E-state index contributed by atoms with van der Waals surface area (Å²) < 4.78 is 7.36. The van der Waals surface area contributed by atoms with Crippen LogP contribution in [0.2, 0.25) is 0 Å². The van der Waals surface area contributed by atoms with E-state index in [4.69, 9.17) is 9.72 Å². The molecule has 2 heterocycles. The first-order valence-electron chi connectivity index (χ1n) is 10.1. The zero-order valence-corrected chi connectivity index (χ0v) is 16.8. The molecule has 0 saturated carbocycles. The summed E-state index contributed by atoms with van der Waals surface area (Å²) in [5, 5.41) is 2.97. The summed E-state index contributed by atoms with van der Waals surface area (Å²) in [5.74, 6) is 1.95. The van der Waals surface area contributed by atoms with Crippen LogP contribution < -0.4 is 10.2 Å². The molecule has 1 amide bonds. The first-order chi connectivity index (χ1) is 13.1. The lowest BCUT2D eigenvalue weighted by atomic mass is 9.96. The number of nitrogens with zero attached hydrogens (tertiary/aromatic N) is 3. The molecule has 1 fully saturated rings. The SMILES string of the molecule is COCCNC(=O)C1CCN(c2nc3ccccc3n2CCC(C)C)CC1. The number of aryl methyl sites for hydroxylation is 1. The second kappa shape index (κ2) is 9.22. The number of aromatic nitrogens is 2. The number of nitrogens with one attached hydrogen (secondary N) is 1. The predicted molar refractivity (Wildman–Crippen MR) is 109 cm³/mol. The molecule has 0 atom stereocenters. The topological polar surface area (TPSA) is 59.4 Å². The molecule has 1 aromatic heterocycles. The van der Waals surface area contributed by atoms with Crippen molar-refractivity contribution >= 4 is 22.9 Å². The molecule has 27 heavy (non-hydrogen) atoms. The number of carbonyl (C=O) groups is 1. The van der Waals surface area contributed by atoms with Gasteiger partial charge in [0.25, 0.3) is 0 Å². The van der Waals surface area contributed by atoms with Crippen LogP contribution in [0, 0.1) is 11.8 Å². The summed E-state index contributed by atoms with van der Waals surface area (Å²) in [6.45, 7) is 8.37. The maximum Gasteiger partial charge on any atom is 0.223 e. The first-order valence-corrected chi connectivity index (χ1v) is 10.1. The van der Waals surface area contributed by atoms with Gasteiger partial charge in [-0.2, -0.15) is 0 Å². The highest BCUT2D eigenvalue weighted by molar-refractivity contribution is 5.80. The average Bonchev–Trinajstić information content (AvgIpc) is 3.05. The molecule has 3 rings (SSSR count). The van der Waals surface area contributed by atoms with Gasteiger partial charge in [-0.15, -0.1) is 0 Å². The minimum Gasteiger partial charge on any atom is -0.383 e. The third kappa shape index (κ3) is 4.80. The van der Waals surface area contributed by atoms with Crippen LogP contribution in [0.1, 0.15) is 33.1 Å². The zero-order chi connectivity index (χ0) is 19.2. The molecule has 0 spiro atoms. The number of carbonyl (C=O) groups excluding carboxylic acids is 1. The van der Waals surface area contributed by atoms with Crippen LogP contribution >= 0.6 is 0 Å². The van der Waals surface area contributed by atoms with Crippen LogP contribution in [-0.4, -0.2) is 48.8 Å². The number of rotatable bonds is 8. The molecular weight excluding hydrogens is 340 g/mol. The summed E-state index contributed by atoms with van der Waals surface area (Å²) in [6.07, 6.45) is 2.87. The lowest BCUT2D eigenvalue weighted by Crippen LogP contribution is -2.42. The Kier molecular flexibility index (Phi) is 6.72. The van der Waals surface area contributed by atoms with E-state index in [1.54, 1.807) is 7.11 Å². The smallest absolute Gasteiger partial charge is 0.223 e. The van der Waals surface area contributed by atoms with Crippen molar-refractivity contribution in [2.45, 2.75) is 39.7 Å². The van der Waals surface area contributed by atoms with E-state index in [2.05, 4.69) is 46.8 Å². The van der Waals surface area contributed by atoms with Gasteiger partial charge in [0.15, 0.2) is 0 Å². The number of amides is 1. The van der Waals surface area contributed by atoms with Gasteiger partial charge < -0.3 is 19.5 Å². The van der Waals surface area contributed by atoms with Crippen molar-refractivity contribution in [3.8, 4) is 0 Å². The van der Waals surface area contributed by atoms with Crippen molar-refractivity contribution in [2.24, 2.45) is 11.8 Å². The fourth-order valence-electron chi connectivity index (χ4n) is 3.67. The summed E-state index contributed by atoms with van der Waals surface area (Å²) in [4.78, 5) is 19.6. The van der Waals surface area contributed by atoms with Crippen molar-refractivity contribution in [1.82, 2.24) is 14.9 Å². The Labute approximate surface area is 161 Å². The maximum atomic E-state index is 12.3. The molecule has 1 aliphatic heterocycles. The van der Waals surface area contributed by atoms with Crippen LogP contribution in [0.4, 0.5) is 5.95 Å². The van der Waals surface area contributed by atoms with Gasteiger partial charge in [-0.25, -0.2) is 4.98 Å². The summed E-state index contributed by atoms with van der Waals surface area (Å²) in [6, 6.07) is 8.36. The number of benzene rings is 1. The van der Waals surface area contributed by atoms with Gasteiger partial charge in [0, 0.05) is 39.2 Å². The van der Waals surface area contributed by atoms with E-state index in [0.717, 1.165) is 50.4 Å². The zero-order valence-electron chi connectivity index (χ0n) is 16.8. The quantitative estimate of drug-likeness (QED) is 0.724. The third-order valence-corrected chi connectivity index (χ3v) is 5.32. The molecule has 0 aliphatic carbocycles. The molecule has 0 bridgehead atoms. The van der Waals surface area contributed by atoms with Crippen molar-refractivity contribution in [1.29, 1.82) is 0 Å². The van der Waals surface area contributed by atoms with Crippen molar-refractivity contribution in [2.75, 3.05) is 38.3 Å². The molecule has 6 nitrogen and oxygen atoms in total. The number of fused-ring (bicyclic) bond motifs is 1. The fourth-order valence-corrected chi connectivity index (χ4v) is 3.67. The summed E-state index contributed by atoms with van der Waals surface area (Å²) in [5.41, 5.74) is 2.25. The molecule has 1 saturated heterocycles. The van der Waals surface area contributed by atoms with E-state index in [-0.39, 0.29) is 11.8 Å². The second-order valence-electron chi connectivity index (χ2n) is 7.78. The summed E-state index contributed by atoms with van der Waals surface area (Å²) >= 11 is 0.